The van der Waals surface area contributed by atoms with Crippen LogP contribution in [0, 0.1) is 5.92 Å². The van der Waals surface area contributed by atoms with Crippen LogP contribution in [0.2, 0.25) is 0 Å². The minimum Gasteiger partial charge on any atom is -0.508 e. The Balaban J connectivity index is 2.13. The summed E-state index contributed by atoms with van der Waals surface area (Å²) in [5.74, 6) is 1.08. The molecule has 0 aliphatic heterocycles. The molecule has 1 aliphatic carbocycles. The van der Waals surface area contributed by atoms with Gasteiger partial charge in [-0.15, -0.1) is 0 Å². The molecule has 1 saturated carbocycles. The number of phenols is 1. The van der Waals surface area contributed by atoms with Crippen molar-refractivity contribution < 1.29 is 5.11 Å². The molecule has 0 bridgehead atoms. The zero-order chi connectivity index (χ0) is 10.1. The molecule has 0 amide bonds. The highest BCUT2D eigenvalue weighted by Crippen LogP contribution is 2.38. The van der Waals surface area contributed by atoms with Gasteiger partial charge in [-0.1, -0.05) is 34.8 Å². The lowest BCUT2D eigenvalue weighted by molar-refractivity contribution is 0.455. The summed E-state index contributed by atoms with van der Waals surface area (Å²) in [5, 5.41) is 9.69. The lowest BCUT2D eigenvalue weighted by Gasteiger charge is -2.13. The van der Waals surface area contributed by atoms with E-state index in [1.807, 2.05) is 12.1 Å². The predicted octanol–water partition coefficient (Wildman–Crippen LogP) is 2.95. The van der Waals surface area contributed by atoms with E-state index in [2.05, 4.69) is 15.9 Å². The summed E-state index contributed by atoms with van der Waals surface area (Å²) >= 11 is 3.31. The van der Waals surface area contributed by atoms with Crippen molar-refractivity contribution in [2.75, 3.05) is 0 Å². The van der Waals surface area contributed by atoms with Crippen LogP contribution in [0.15, 0.2) is 22.7 Å². The van der Waals surface area contributed by atoms with Crippen LogP contribution in [-0.2, 0) is 0 Å². The van der Waals surface area contributed by atoms with Gasteiger partial charge in [-0.2, -0.15) is 0 Å². The Morgan fingerprint density at radius 3 is 2.79 bits per heavy atom. The van der Waals surface area contributed by atoms with Gasteiger partial charge in [0.25, 0.3) is 0 Å². The summed E-state index contributed by atoms with van der Waals surface area (Å²) in [6, 6.07) is 5.49. The van der Waals surface area contributed by atoms with Gasteiger partial charge in [0.05, 0.1) is 0 Å². The van der Waals surface area contributed by atoms with E-state index in [4.69, 9.17) is 5.73 Å². The average molecular weight is 256 g/mol. The zero-order valence-electron chi connectivity index (χ0n) is 7.91. The molecular weight excluding hydrogens is 242 g/mol. The Hall–Kier alpha value is -0.540. The van der Waals surface area contributed by atoms with Crippen molar-refractivity contribution in [2.45, 2.75) is 25.3 Å². The van der Waals surface area contributed by atoms with Gasteiger partial charge in [0.1, 0.15) is 5.75 Å². The van der Waals surface area contributed by atoms with Gasteiger partial charge in [0.2, 0.25) is 0 Å². The number of phenolic OH excluding ortho intramolecular Hbond substituents is 1. The molecule has 0 radical (unpaired) electrons. The minimum absolute atomic E-state index is 0.0180. The van der Waals surface area contributed by atoms with E-state index < -0.39 is 0 Å². The maximum Gasteiger partial charge on any atom is 0.121 e. The lowest BCUT2D eigenvalue weighted by Crippen LogP contribution is -2.11. The molecule has 1 fully saturated rings. The van der Waals surface area contributed by atoms with Crippen molar-refractivity contribution in [3.05, 3.63) is 28.2 Å². The summed E-state index contributed by atoms with van der Waals surface area (Å²) in [7, 11) is 0. The first-order valence-electron chi connectivity index (χ1n) is 4.91. The highest BCUT2D eigenvalue weighted by Gasteiger charge is 2.25. The third-order valence-corrected chi connectivity index (χ3v) is 3.17. The van der Waals surface area contributed by atoms with Crippen molar-refractivity contribution in [1.29, 1.82) is 0 Å². The zero-order valence-corrected chi connectivity index (χ0v) is 9.50. The van der Waals surface area contributed by atoms with Gasteiger partial charge >= 0.3 is 0 Å². The van der Waals surface area contributed by atoms with Crippen LogP contribution in [0.4, 0.5) is 0 Å². The first-order valence-corrected chi connectivity index (χ1v) is 5.70. The maximum atomic E-state index is 9.69. The molecule has 0 heterocycles. The summed E-state index contributed by atoms with van der Waals surface area (Å²) in [4.78, 5) is 0. The summed E-state index contributed by atoms with van der Waals surface area (Å²) in [6.45, 7) is 0. The van der Waals surface area contributed by atoms with Crippen molar-refractivity contribution in [3.8, 4) is 5.75 Å². The second-order valence-electron chi connectivity index (χ2n) is 3.99. The summed E-state index contributed by atoms with van der Waals surface area (Å²) in [5.41, 5.74) is 6.87. The maximum absolute atomic E-state index is 9.69. The number of hydrogen-bond donors (Lipinski definition) is 2. The number of benzene rings is 1. The fraction of sp³-hybridized carbons (Fsp3) is 0.455. The van der Waals surface area contributed by atoms with Crippen LogP contribution in [0.25, 0.3) is 0 Å². The molecule has 0 unspecified atom stereocenters. The Labute approximate surface area is 92.3 Å². The molecule has 0 spiro atoms. The Morgan fingerprint density at radius 1 is 1.50 bits per heavy atom. The van der Waals surface area contributed by atoms with Crippen LogP contribution < -0.4 is 5.73 Å². The molecule has 0 saturated heterocycles. The number of rotatable bonds is 3. The van der Waals surface area contributed by atoms with E-state index in [0.717, 1.165) is 22.4 Å². The van der Waals surface area contributed by atoms with Crippen LogP contribution in [-0.4, -0.2) is 5.11 Å². The number of nitrogens with two attached hydrogens (primary N) is 1. The number of hydrogen-bond acceptors (Lipinski definition) is 2. The monoisotopic (exact) mass is 255 g/mol. The first-order chi connectivity index (χ1) is 6.66. The average Bonchev–Trinajstić information content (AvgIpc) is 2.87. The predicted molar refractivity (Wildman–Crippen MR) is 60.1 cm³/mol. The van der Waals surface area contributed by atoms with Crippen molar-refractivity contribution in [1.82, 2.24) is 0 Å². The van der Waals surface area contributed by atoms with Gasteiger partial charge in [-0.25, -0.2) is 0 Å². The highest BCUT2D eigenvalue weighted by atomic mass is 79.9. The molecule has 3 N–H and O–H groups in total. The van der Waals surface area contributed by atoms with E-state index in [1.165, 1.54) is 12.8 Å². The second-order valence-corrected chi connectivity index (χ2v) is 4.90. The third-order valence-electron chi connectivity index (χ3n) is 2.68. The highest BCUT2D eigenvalue weighted by molar-refractivity contribution is 9.10. The largest absolute Gasteiger partial charge is 0.508 e. The quantitative estimate of drug-likeness (QED) is 0.873. The van der Waals surface area contributed by atoms with E-state index in [0.29, 0.717) is 5.75 Å². The molecule has 0 aromatic heterocycles. The van der Waals surface area contributed by atoms with E-state index in [9.17, 15) is 5.11 Å². The molecule has 1 aromatic rings. The van der Waals surface area contributed by atoms with Gasteiger partial charge in [0, 0.05) is 16.1 Å². The van der Waals surface area contributed by atoms with Crippen molar-refractivity contribution in [2.24, 2.45) is 11.7 Å². The van der Waals surface area contributed by atoms with Crippen molar-refractivity contribution >= 4 is 15.9 Å². The minimum atomic E-state index is -0.0180. The first kappa shape index (κ1) is 9.99. The molecule has 3 heteroatoms. The SMILES string of the molecule is N[C@@H](CC1CC1)c1ccc(Br)cc1O. The smallest absolute Gasteiger partial charge is 0.121 e. The van der Waals surface area contributed by atoms with E-state index in [-0.39, 0.29) is 6.04 Å². The molecule has 2 nitrogen and oxygen atoms in total. The molecule has 76 valence electrons. The van der Waals surface area contributed by atoms with Crippen LogP contribution in [0.1, 0.15) is 30.9 Å². The normalized spacial score (nSPS) is 18.1. The molecule has 2 rings (SSSR count). The molecule has 1 atom stereocenters. The van der Waals surface area contributed by atoms with Crippen LogP contribution >= 0.6 is 15.9 Å². The standard InChI is InChI=1S/C11H14BrNO/c12-8-3-4-9(11(14)6-8)10(13)5-7-1-2-7/h3-4,6-7,10,14H,1-2,5,13H2/t10-/m0/s1. The van der Waals surface area contributed by atoms with Gasteiger partial charge < -0.3 is 10.8 Å². The Morgan fingerprint density at radius 2 is 2.21 bits per heavy atom. The molecule has 14 heavy (non-hydrogen) atoms. The van der Waals surface area contributed by atoms with Crippen LogP contribution in [0.3, 0.4) is 0 Å². The van der Waals surface area contributed by atoms with Crippen LogP contribution in [0.5, 0.6) is 5.75 Å². The van der Waals surface area contributed by atoms with Crippen molar-refractivity contribution in [3.63, 3.8) is 0 Å². The van der Waals surface area contributed by atoms with E-state index in [1.54, 1.807) is 6.07 Å². The van der Waals surface area contributed by atoms with E-state index >= 15 is 0 Å². The third kappa shape index (κ3) is 2.28. The topological polar surface area (TPSA) is 46.2 Å². The van der Waals surface area contributed by atoms with Gasteiger partial charge in [0.15, 0.2) is 0 Å². The lowest BCUT2D eigenvalue weighted by atomic mass is 10.0. The molecule has 1 aliphatic rings. The molecule has 1 aromatic carbocycles. The fourth-order valence-corrected chi connectivity index (χ4v) is 2.02. The second kappa shape index (κ2) is 3.91. The summed E-state index contributed by atoms with van der Waals surface area (Å²) < 4.78 is 0.886. The Kier molecular flexibility index (Phi) is 2.79. The number of aromatic hydroxyl groups is 1. The summed E-state index contributed by atoms with van der Waals surface area (Å²) in [6.07, 6.45) is 3.59. The van der Waals surface area contributed by atoms with Gasteiger partial charge in [-0.3, -0.25) is 0 Å². The van der Waals surface area contributed by atoms with Gasteiger partial charge in [-0.05, 0) is 24.5 Å². The number of halogens is 1. The fourth-order valence-electron chi connectivity index (χ4n) is 1.67. The molecular formula is C11H14BrNO. The Bertz CT molecular complexity index is 336.